The first-order chi connectivity index (χ1) is 16.9. The molecule has 3 aromatic carbocycles. The fourth-order valence-electron chi connectivity index (χ4n) is 3.50. The number of rotatable bonds is 8. The van der Waals surface area contributed by atoms with Crippen molar-refractivity contribution in [1.82, 2.24) is 9.66 Å². The Morgan fingerprint density at radius 3 is 2.69 bits per heavy atom. The second-order valence-corrected chi connectivity index (χ2v) is 8.87. The number of aryl methyl sites for hydroxylation is 1. The Bertz CT molecular complexity index is 1470. The van der Waals surface area contributed by atoms with Crippen LogP contribution in [0.3, 0.4) is 0 Å². The van der Waals surface area contributed by atoms with E-state index in [1.807, 2.05) is 19.9 Å². The molecule has 0 aliphatic carbocycles. The van der Waals surface area contributed by atoms with Gasteiger partial charge in [-0.05, 0) is 48.9 Å². The maximum Gasteiger partial charge on any atom is 0.282 e. The molecule has 0 saturated carbocycles. The SMILES string of the molecule is CCOc1cc(C=Nn2c(CC)nc3ccc(Br)cc3c2=O)cc(Cl)c1OCc1ccccc1F. The van der Waals surface area contributed by atoms with Crippen molar-refractivity contribution in [2.45, 2.75) is 26.9 Å². The molecule has 0 aliphatic heterocycles. The van der Waals surface area contributed by atoms with Gasteiger partial charge in [0.1, 0.15) is 18.2 Å². The molecule has 0 amide bonds. The van der Waals surface area contributed by atoms with E-state index < -0.39 is 0 Å². The van der Waals surface area contributed by atoms with Gasteiger partial charge in [-0.2, -0.15) is 9.78 Å². The van der Waals surface area contributed by atoms with Crippen LogP contribution in [0.1, 0.15) is 30.8 Å². The van der Waals surface area contributed by atoms with Gasteiger partial charge in [-0.1, -0.05) is 52.7 Å². The van der Waals surface area contributed by atoms with Crippen molar-refractivity contribution in [2.24, 2.45) is 5.10 Å². The van der Waals surface area contributed by atoms with E-state index in [0.717, 1.165) is 4.47 Å². The molecule has 180 valence electrons. The van der Waals surface area contributed by atoms with Crippen molar-refractivity contribution in [2.75, 3.05) is 6.61 Å². The molecule has 0 spiro atoms. The van der Waals surface area contributed by atoms with Gasteiger partial charge in [0, 0.05) is 16.5 Å². The van der Waals surface area contributed by atoms with Crippen LogP contribution in [-0.2, 0) is 13.0 Å². The quantitative estimate of drug-likeness (QED) is 0.236. The number of hydrogen-bond acceptors (Lipinski definition) is 5. The van der Waals surface area contributed by atoms with Crippen LogP contribution in [0, 0.1) is 5.82 Å². The zero-order chi connectivity index (χ0) is 24.9. The predicted octanol–water partition coefficient (Wildman–Crippen LogP) is 6.37. The molecule has 4 rings (SSSR count). The molecule has 0 N–H and O–H groups in total. The summed E-state index contributed by atoms with van der Waals surface area (Å²) in [5.74, 6) is 0.861. The smallest absolute Gasteiger partial charge is 0.282 e. The van der Waals surface area contributed by atoms with Crippen molar-refractivity contribution >= 4 is 44.6 Å². The van der Waals surface area contributed by atoms with Gasteiger partial charge in [0.2, 0.25) is 0 Å². The molecule has 0 bridgehead atoms. The van der Waals surface area contributed by atoms with Gasteiger partial charge in [-0.25, -0.2) is 9.37 Å². The first kappa shape index (κ1) is 24.9. The molecule has 1 heterocycles. The van der Waals surface area contributed by atoms with Crippen LogP contribution < -0.4 is 15.0 Å². The molecule has 0 unspecified atom stereocenters. The molecule has 9 heteroatoms. The maximum absolute atomic E-state index is 14.0. The summed E-state index contributed by atoms with van der Waals surface area (Å²) in [6.45, 7) is 4.11. The summed E-state index contributed by atoms with van der Waals surface area (Å²) in [6.07, 6.45) is 2.04. The molecule has 0 atom stereocenters. The summed E-state index contributed by atoms with van der Waals surface area (Å²) < 4.78 is 27.6. The molecule has 0 fully saturated rings. The van der Waals surface area contributed by atoms with Crippen LogP contribution in [0.15, 0.2) is 69.0 Å². The Balaban J connectivity index is 1.69. The third-order valence-electron chi connectivity index (χ3n) is 5.18. The normalized spacial score (nSPS) is 11.3. The van der Waals surface area contributed by atoms with E-state index in [1.54, 1.807) is 42.5 Å². The summed E-state index contributed by atoms with van der Waals surface area (Å²) in [6, 6.07) is 15.1. The second-order valence-electron chi connectivity index (χ2n) is 7.55. The summed E-state index contributed by atoms with van der Waals surface area (Å²) in [5.41, 5.74) is 1.34. The fraction of sp³-hybridized carbons (Fsp3) is 0.192. The first-order valence-corrected chi connectivity index (χ1v) is 12.2. The molecule has 4 aromatic rings. The van der Waals surface area contributed by atoms with E-state index in [0.29, 0.717) is 52.4 Å². The van der Waals surface area contributed by atoms with E-state index in [9.17, 15) is 9.18 Å². The van der Waals surface area contributed by atoms with Gasteiger partial charge in [0.15, 0.2) is 11.5 Å². The average Bonchev–Trinajstić information content (AvgIpc) is 2.84. The molecular formula is C26H22BrClFN3O3. The predicted molar refractivity (Wildman–Crippen MR) is 139 cm³/mol. The van der Waals surface area contributed by atoms with E-state index in [4.69, 9.17) is 21.1 Å². The number of hydrogen-bond donors (Lipinski definition) is 0. The number of benzene rings is 3. The average molecular weight is 559 g/mol. The van der Waals surface area contributed by atoms with Crippen molar-refractivity contribution in [3.05, 3.63) is 97.2 Å². The third-order valence-corrected chi connectivity index (χ3v) is 5.95. The van der Waals surface area contributed by atoms with Crippen molar-refractivity contribution in [3.63, 3.8) is 0 Å². The minimum atomic E-state index is -0.362. The van der Waals surface area contributed by atoms with Crippen LogP contribution in [0.25, 0.3) is 10.9 Å². The second kappa shape index (κ2) is 11.0. The highest BCUT2D eigenvalue weighted by molar-refractivity contribution is 9.10. The molecule has 35 heavy (non-hydrogen) atoms. The fourth-order valence-corrected chi connectivity index (χ4v) is 4.13. The zero-order valence-electron chi connectivity index (χ0n) is 19.1. The highest BCUT2D eigenvalue weighted by atomic mass is 79.9. The van der Waals surface area contributed by atoms with E-state index in [1.165, 1.54) is 17.0 Å². The van der Waals surface area contributed by atoms with Crippen molar-refractivity contribution in [3.8, 4) is 11.5 Å². The van der Waals surface area contributed by atoms with Crippen LogP contribution in [0.2, 0.25) is 5.02 Å². The molecular weight excluding hydrogens is 537 g/mol. The third kappa shape index (κ3) is 5.55. The lowest BCUT2D eigenvalue weighted by Crippen LogP contribution is -2.22. The number of aromatic nitrogens is 2. The largest absolute Gasteiger partial charge is 0.490 e. The summed E-state index contributed by atoms with van der Waals surface area (Å²) in [4.78, 5) is 17.7. The van der Waals surface area contributed by atoms with Crippen LogP contribution >= 0.6 is 27.5 Å². The number of halogens is 3. The first-order valence-electron chi connectivity index (χ1n) is 11.0. The highest BCUT2D eigenvalue weighted by Gasteiger charge is 2.14. The number of fused-ring (bicyclic) bond motifs is 1. The Labute approximate surface area is 215 Å². The molecule has 0 saturated heterocycles. The van der Waals surface area contributed by atoms with E-state index >= 15 is 0 Å². The lowest BCUT2D eigenvalue weighted by atomic mass is 10.2. The molecule has 1 aromatic heterocycles. The van der Waals surface area contributed by atoms with Gasteiger partial charge in [-0.15, -0.1) is 0 Å². The van der Waals surface area contributed by atoms with E-state index in [2.05, 4.69) is 26.0 Å². The Hall–Kier alpha value is -3.23. The number of ether oxygens (including phenoxy) is 2. The summed E-state index contributed by atoms with van der Waals surface area (Å²) >= 11 is 9.89. The standard InChI is InChI=1S/C26H22BrClFN3O3/c1-3-24-31-22-10-9-18(27)13-19(22)26(33)32(24)30-14-16-11-20(28)25(23(12-16)34-4-2)35-15-17-7-5-6-8-21(17)29/h5-14H,3-4,15H2,1-2H3. The molecule has 0 radical (unpaired) electrons. The Morgan fingerprint density at radius 1 is 1.14 bits per heavy atom. The van der Waals surface area contributed by atoms with Crippen LogP contribution in [0.5, 0.6) is 11.5 Å². The number of nitrogens with zero attached hydrogens (tertiary/aromatic N) is 3. The highest BCUT2D eigenvalue weighted by Crippen LogP contribution is 2.37. The topological polar surface area (TPSA) is 65.7 Å². The minimum Gasteiger partial charge on any atom is -0.490 e. The maximum atomic E-state index is 14.0. The van der Waals surface area contributed by atoms with Crippen LogP contribution in [0.4, 0.5) is 4.39 Å². The van der Waals surface area contributed by atoms with Gasteiger partial charge < -0.3 is 9.47 Å². The lowest BCUT2D eigenvalue weighted by molar-refractivity contribution is 0.266. The zero-order valence-corrected chi connectivity index (χ0v) is 21.4. The van der Waals surface area contributed by atoms with Gasteiger partial charge in [-0.3, -0.25) is 4.79 Å². The summed E-state index contributed by atoms with van der Waals surface area (Å²) in [7, 11) is 0. The Morgan fingerprint density at radius 2 is 1.94 bits per heavy atom. The lowest BCUT2D eigenvalue weighted by Gasteiger charge is -2.15. The Kier molecular flexibility index (Phi) is 7.83. The van der Waals surface area contributed by atoms with Gasteiger partial charge in [0.05, 0.1) is 28.7 Å². The van der Waals surface area contributed by atoms with Crippen molar-refractivity contribution in [1.29, 1.82) is 0 Å². The molecule has 0 aliphatic rings. The summed E-state index contributed by atoms with van der Waals surface area (Å²) in [5, 5.41) is 5.13. The van der Waals surface area contributed by atoms with E-state index in [-0.39, 0.29) is 23.0 Å². The minimum absolute atomic E-state index is 0.00647. The monoisotopic (exact) mass is 557 g/mol. The van der Waals surface area contributed by atoms with Crippen LogP contribution in [-0.4, -0.2) is 22.5 Å². The van der Waals surface area contributed by atoms with Gasteiger partial charge in [0.25, 0.3) is 5.56 Å². The van der Waals surface area contributed by atoms with Gasteiger partial charge >= 0.3 is 0 Å². The van der Waals surface area contributed by atoms with Crippen molar-refractivity contribution < 1.29 is 13.9 Å². The molecule has 6 nitrogen and oxygen atoms in total.